The van der Waals surface area contributed by atoms with Crippen LogP contribution in [-0.4, -0.2) is 12.8 Å². The van der Waals surface area contributed by atoms with E-state index in [4.69, 9.17) is 0 Å². The third kappa shape index (κ3) is 1.83. The molecule has 0 N–H and O–H groups in total. The zero-order valence-electron chi connectivity index (χ0n) is 6.84. The Morgan fingerprint density at radius 2 is 2.30 bits per heavy atom. The van der Waals surface area contributed by atoms with E-state index in [-0.39, 0.29) is 0 Å². The quantitative estimate of drug-likeness (QED) is 0.521. The molecule has 0 aromatic rings. The predicted molar refractivity (Wildman–Crippen MR) is 45.6 cm³/mol. The van der Waals surface area contributed by atoms with Crippen LogP contribution in [0.2, 0.25) is 0 Å². The normalized spacial score (nSPS) is 33.7. The molecule has 0 radical (unpaired) electrons. The Labute approximate surface area is 63.5 Å². The summed E-state index contributed by atoms with van der Waals surface area (Å²) in [6.07, 6.45) is 6.68. The maximum Gasteiger partial charge on any atom is 0.0495 e. The summed E-state index contributed by atoms with van der Waals surface area (Å²) in [4.78, 5) is 4.10. The lowest BCUT2D eigenvalue weighted by molar-refractivity contribution is 0.317. The number of aliphatic imine (C=N–C) groups is 1. The second-order valence-electron chi connectivity index (χ2n) is 3.28. The van der Waals surface area contributed by atoms with Gasteiger partial charge in [-0.3, -0.25) is 4.99 Å². The van der Waals surface area contributed by atoms with E-state index in [0.717, 1.165) is 5.92 Å². The summed E-state index contributed by atoms with van der Waals surface area (Å²) in [5.74, 6) is 0.934. The molecule has 2 unspecified atom stereocenters. The fourth-order valence-corrected chi connectivity index (χ4v) is 1.80. The van der Waals surface area contributed by atoms with E-state index >= 15 is 0 Å². The van der Waals surface area contributed by atoms with Crippen LogP contribution in [0.25, 0.3) is 0 Å². The average Bonchev–Trinajstić information content (AvgIpc) is 2.05. The van der Waals surface area contributed by atoms with Gasteiger partial charge in [-0.1, -0.05) is 26.2 Å². The van der Waals surface area contributed by atoms with Crippen molar-refractivity contribution in [3.05, 3.63) is 0 Å². The van der Waals surface area contributed by atoms with Crippen molar-refractivity contribution >= 4 is 6.72 Å². The molecule has 2 atom stereocenters. The van der Waals surface area contributed by atoms with Crippen LogP contribution >= 0.6 is 0 Å². The van der Waals surface area contributed by atoms with Crippen molar-refractivity contribution < 1.29 is 0 Å². The van der Waals surface area contributed by atoms with Gasteiger partial charge in [-0.25, -0.2) is 0 Å². The van der Waals surface area contributed by atoms with E-state index in [1.807, 2.05) is 0 Å². The van der Waals surface area contributed by atoms with Gasteiger partial charge in [0.25, 0.3) is 0 Å². The minimum atomic E-state index is 0.582. The third-order valence-corrected chi connectivity index (χ3v) is 2.59. The molecule has 10 heavy (non-hydrogen) atoms. The van der Waals surface area contributed by atoms with Crippen LogP contribution in [0, 0.1) is 5.92 Å². The smallest absolute Gasteiger partial charge is 0.0495 e. The van der Waals surface area contributed by atoms with Crippen molar-refractivity contribution in [2.75, 3.05) is 0 Å². The second kappa shape index (κ2) is 3.75. The van der Waals surface area contributed by atoms with Gasteiger partial charge in [0, 0.05) is 6.04 Å². The highest BCUT2D eigenvalue weighted by Crippen LogP contribution is 2.27. The molecular weight excluding hydrogens is 122 g/mol. The predicted octanol–water partition coefficient (Wildman–Crippen LogP) is 2.66. The molecule has 1 heteroatoms. The fourth-order valence-electron chi connectivity index (χ4n) is 1.80. The molecule has 0 spiro atoms. The Balaban J connectivity index is 2.31. The zero-order valence-corrected chi connectivity index (χ0v) is 6.84. The summed E-state index contributed by atoms with van der Waals surface area (Å²) in [5.41, 5.74) is 0. The number of hydrogen-bond acceptors (Lipinski definition) is 1. The molecule has 58 valence electrons. The zero-order chi connectivity index (χ0) is 7.40. The Morgan fingerprint density at radius 1 is 1.50 bits per heavy atom. The monoisotopic (exact) mass is 139 g/mol. The Hall–Kier alpha value is -0.330. The lowest BCUT2D eigenvalue weighted by Gasteiger charge is -2.25. The van der Waals surface area contributed by atoms with Crippen molar-refractivity contribution in [2.24, 2.45) is 10.9 Å². The first-order valence-electron chi connectivity index (χ1n) is 4.32. The maximum absolute atomic E-state index is 4.10. The van der Waals surface area contributed by atoms with Gasteiger partial charge in [-0.15, -0.1) is 0 Å². The van der Waals surface area contributed by atoms with E-state index in [2.05, 4.69) is 18.6 Å². The van der Waals surface area contributed by atoms with Crippen molar-refractivity contribution in [1.82, 2.24) is 0 Å². The number of nitrogens with zero attached hydrogens (tertiary/aromatic N) is 1. The maximum atomic E-state index is 4.10. The Kier molecular flexibility index (Phi) is 2.91. The minimum absolute atomic E-state index is 0.582. The van der Waals surface area contributed by atoms with Crippen molar-refractivity contribution in [3.63, 3.8) is 0 Å². The molecule has 0 aromatic carbocycles. The van der Waals surface area contributed by atoms with Gasteiger partial charge in [0.15, 0.2) is 0 Å². The van der Waals surface area contributed by atoms with Crippen LogP contribution in [0.15, 0.2) is 4.99 Å². The van der Waals surface area contributed by atoms with Crippen LogP contribution in [0.5, 0.6) is 0 Å². The molecule has 1 fully saturated rings. The van der Waals surface area contributed by atoms with E-state index in [1.54, 1.807) is 0 Å². The van der Waals surface area contributed by atoms with Crippen molar-refractivity contribution in [2.45, 2.75) is 45.1 Å². The average molecular weight is 139 g/mol. The Morgan fingerprint density at radius 3 is 2.90 bits per heavy atom. The molecule has 0 aromatic heterocycles. The molecule has 1 nitrogen and oxygen atoms in total. The third-order valence-electron chi connectivity index (χ3n) is 2.59. The molecule has 1 saturated carbocycles. The molecule has 0 saturated heterocycles. The first kappa shape index (κ1) is 7.77. The van der Waals surface area contributed by atoms with Crippen LogP contribution in [0.1, 0.15) is 39.0 Å². The first-order valence-corrected chi connectivity index (χ1v) is 4.32. The van der Waals surface area contributed by atoms with Gasteiger partial charge in [-0.2, -0.15) is 0 Å². The molecule has 1 rings (SSSR count). The number of hydrogen-bond donors (Lipinski definition) is 0. The highest BCUT2D eigenvalue weighted by molar-refractivity contribution is 5.24. The first-order chi connectivity index (χ1) is 4.86. The highest BCUT2D eigenvalue weighted by atomic mass is 14.7. The van der Waals surface area contributed by atoms with E-state index in [9.17, 15) is 0 Å². The fraction of sp³-hybridized carbons (Fsp3) is 0.889. The molecule has 0 bridgehead atoms. The van der Waals surface area contributed by atoms with Gasteiger partial charge >= 0.3 is 0 Å². The van der Waals surface area contributed by atoms with E-state index in [1.165, 1.54) is 32.1 Å². The van der Waals surface area contributed by atoms with E-state index in [0.29, 0.717) is 6.04 Å². The van der Waals surface area contributed by atoms with Crippen molar-refractivity contribution in [3.8, 4) is 0 Å². The lowest BCUT2D eigenvalue weighted by atomic mass is 9.84. The molecule has 0 amide bonds. The topological polar surface area (TPSA) is 12.4 Å². The van der Waals surface area contributed by atoms with E-state index < -0.39 is 0 Å². The Bertz CT molecular complexity index is 109. The SMILES string of the molecule is C=NC1CCCC(CC)C1. The van der Waals surface area contributed by atoms with Crippen molar-refractivity contribution in [1.29, 1.82) is 0 Å². The van der Waals surface area contributed by atoms with Crippen LogP contribution in [0.4, 0.5) is 0 Å². The highest BCUT2D eigenvalue weighted by Gasteiger charge is 2.18. The van der Waals surface area contributed by atoms with Crippen LogP contribution < -0.4 is 0 Å². The summed E-state index contributed by atoms with van der Waals surface area (Å²) >= 11 is 0. The largest absolute Gasteiger partial charge is 0.298 e. The molecule has 0 heterocycles. The summed E-state index contributed by atoms with van der Waals surface area (Å²) < 4.78 is 0. The van der Waals surface area contributed by atoms with Gasteiger partial charge in [0.2, 0.25) is 0 Å². The van der Waals surface area contributed by atoms with Crippen LogP contribution in [-0.2, 0) is 0 Å². The van der Waals surface area contributed by atoms with Gasteiger partial charge in [0.05, 0.1) is 0 Å². The minimum Gasteiger partial charge on any atom is -0.298 e. The van der Waals surface area contributed by atoms with Gasteiger partial charge in [-0.05, 0) is 25.5 Å². The standard InChI is InChI=1S/C9H17N/c1-3-8-5-4-6-9(7-8)10-2/h8-9H,2-7H2,1H3. The summed E-state index contributed by atoms with van der Waals surface area (Å²) in [7, 11) is 0. The molecule has 1 aliphatic rings. The molecule has 0 aliphatic heterocycles. The van der Waals surface area contributed by atoms with Gasteiger partial charge in [0.1, 0.15) is 0 Å². The summed E-state index contributed by atoms with van der Waals surface area (Å²) in [6.45, 7) is 5.88. The van der Waals surface area contributed by atoms with Gasteiger partial charge < -0.3 is 0 Å². The van der Waals surface area contributed by atoms with Crippen LogP contribution in [0.3, 0.4) is 0 Å². The molecule has 1 aliphatic carbocycles. The summed E-state index contributed by atoms with van der Waals surface area (Å²) in [6, 6.07) is 0.582. The molecular formula is C9H17N. The lowest BCUT2D eigenvalue weighted by Crippen LogP contribution is -2.17. The second-order valence-corrected chi connectivity index (χ2v) is 3.28. The number of rotatable bonds is 2. The summed E-state index contributed by atoms with van der Waals surface area (Å²) in [5, 5.41) is 0.